The molecule has 0 bridgehead atoms. The third-order valence-corrected chi connectivity index (χ3v) is 3.16. The highest BCUT2D eigenvalue weighted by atomic mass is 19.4. The zero-order valence-corrected chi connectivity index (χ0v) is 11.2. The SMILES string of the molecule is NCc1ccc(NC(=O)N2CCOCC2)c(C(F)(F)F)c1. The highest BCUT2D eigenvalue weighted by Gasteiger charge is 2.34. The predicted octanol–water partition coefficient (Wildman–Crippen LogP) is 2.03. The zero-order chi connectivity index (χ0) is 15.5. The van der Waals surface area contributed by atoms with Crippen molar-refractivity contribution in [1.29, 1.82) is 0 Å². The molecule has 3 N–H and O–H groups in total. The van der Waals surface area contributed by atoms with Gasteiger partial charge in [-0.25, -0.2) is 4.79 Å². The van der Waals surface area contributed by atoms with E-state index >= 15 is 0 Å². The molecule has 2 amide bonds. The lowest BCUT2D eigenvalue weighted by Gasteiger charge is -2.27. The number of morpholine rings is 1. The first kappa shape index (κ1) is 15.6. The second-order valence-electron chi connectivity index (χ2n) is 4.61. The number of rotatable bonds is 2. The van der Waals surface area contributed by atoms with Gasteiger partial charge in [0.2, 0.25) is 0 Å². The van der Waals surface area contributed by atoms with E-state index in [9.17, 15) is 18.0 Å². The number of carbonyl (C=O) groups is 1. The van der Waals surface area contributed by atoms with Crippen LogP contribution in [0.5, 0.6) is 0 Å². The van der Waals surface area contributed by atoms with Gasteiger partial charge in [0.1, 0.15) is 0 Å². The van der Waals surface area contributed by atoms with Crippen LogP contribution < -0.4 is 11.1 Å². The molecule has 1 aromatic carbocycles. The summed E-state index contributed by atoms with van der Waals surface area (Å²) in [7, 11) is 0. The number of carbonyl (C=O) groups excluding carboxylic acids is 1. The van der Waals surface area contributed by atoms with Crippen LogP contribution >= 0.6 is 0 Å². The van der Waals surface area contributed by atoms with Gasteiger partial charge in [-0.05, 0) is 17.7 Å². The number of ether oxygens (including phenoxy) is 1. The molecule has 5 nitrogen and oxygen atoms in total. The van der Waals surface area contributed by atoms with Crippen molar-refractivity contribution in [3.8, 4) is 0 Å². The van der Waals surface area contributed by atoms with Crippen molar-refractivity contribution in [3.05, 3.63) is 29.3 Å². The highest BCUT2D eigenvalue weighted by molar-refractivity contribution is 5.90. The van der Waals surface area contributed by atoms with Crippen LogP contribution in [0.25, 0.3) is 0 Å². The molecule has 0 radical (unpaired) electrons. The number of anilines is 1. The van der Waals surface area contributed by atoms with Crippen LogP contribution in [0.1, 0.15) is 11.1 Å². The molecule has 2 rings (SSSR count). The minimum Gasteiger partial charge on any atom is -0.378 e. The van der Waals surface area contributed by atoms with Gasteiger partial charge < -0.3 is 20.7 Å². The maximum atomic E-state index is 13.0. The number of nitrogens with zero attached hydrogens (tertiary/aromatic N) is 1. The Morgan fingerprint density at radius 3 is 2.57 bits per heavy atom. The average molecular weight is 303 g/mol. The standard InChI is InChI=1S/C13H16F3N3O2/c14-13(15,16)10-7-9(8-17)1-2-11(10)18-12(20)19-3-5-21-6-4-19/h1-2,7H,3-6,8,17H2,(H,18,20). The zero-order valence-electron chi connectivity index (χ0n) is 11.2. The van der Waals surface area contributed by atoms with Crippen LogP contribution in [-0.2, 0) is 17.5 Å². The summed E-state index contributed by atoms with van der Waals surface area (Å²) in [6.45, 7) is 1.47. The summed E-state index contributed by atoms with van der Waals surface area (Å²) in [4.78, 5) is 13.4. The van der Waals surface area contributed by atoms with Crippen molar-refractivity contribution in [2.75, 3.05) is 31.6 Å². The molecule has 116 valence electrons. The van der Waals surface area contributed by atoms with Crippen molar-refractivity contribution in [2.45, 2.75) is 12.7 Å². The molecule has 1 aliphatic rings. The molecule has 0 aromatic heterocycles. The maximum absolute atomic E-state index is 13.0. The molecule has 1 saturated heterocycles. The predicted molar refractivity (Wildman–Crippen MR) is 70.7 cm³/mol. The van der Waals surface area contributed by atoms with Gasteiger partial charge in [0, 0.05) is 19.6 Å². The Hall–Kier alpha value is -1.80. The summed E-state index contributed by atoms with van der Waals surface area (Å²) >= 11 is 0. The maximum Gasteiger partial charge on any atom is 0.418 e. The first-order chi connectivity index (χ1) is 9.91. The van der Waals surface area contributed by atoms with Gasteiger partial charge in [-0.2, -0.15) is 13.2 Å². The number of urea groups is 1. The van der Waals surface area contributed by atoms with Crippen LogP contribution in [-0.4, -0.2) is 37.2 Å². The topological polar surface area (TPSA) is 67.6 Å². The van der Waals surface area contributed by atoms with Gasteiger partial charge in [0.15, 0.2) is 0 Å². The van der Waals surface area contributed by atoms with Crippen LogP contribution in [0, 0.1) is 0 Å². The van der Waals surface area contributed by atoms with E-state index in [-0.39, 0.29) is 12.2 Å². The molecule has 0 aliphatic carbocycles. The quantitative estimate of drug-likeness (QED) is 0.878. The summed E-state index contributed by atoms with van der Waals surface area (Å²) in [5.41, 5.74) is 4.54. The van der Waals surface area contributed by atoms with Crippen LogP contribution in [0.15, 0.2) is 18.2 Å². The number of hydrogen-bond donors (Lipinski definition) is 2. The number of nitrogens with two attached hydrogens (primary N) is 1. The van der Waals surface area contributed by atoms with Crippen molar-refractivity contribution in [3.63, 3.8) is 0 Å². The third-order valence-electron chi connectivity index (χ3n) is 3.16. The van der Waals surface area contributed by atoms with Gasteiger partial charge in [-0.15, -0.1) is 0 Å². The van der Waals surface area contributed by atoms with E-state index in [1.165, 1.54) is 17.0 Å². The van der Waals surface area contributed by atoms with E-state index in [1.54, 1.807) is 0 Å². The summed E-state index contributed by atoms with van der Waals surface area (Å²) < 4.78 is 44.2. The molecular weight excluding hydrogens is 287 g/mol. The highest BCUT2D eigenvalue weighted by Crippen LogP contribution is 2.35. The fourth-order valence-electron chi connectivity index (χ4n) is 2.02. The van der Waals surface area contributed by atoms with Crippen LogP contribution in [0.3, 0.4) is 0 Å². The van der Waals surface area contributed by atoms with Crippen molar-refractivity contribution < 1.29 is 22.7 Å². The van der Waals surface area contributed by atoms with E-state index in [1.807, 2.05) is 0 Å². The smallest absolute Gasteiger partial charge is 0.378 e. The van der Waals surface area contributed by atoms with Crippen LogP contribution in [0.4, 0.5) is 23.7 Å². The monoisotopic (exact) mass is 303 g/mol. The molecule has 0 atom stereocenters. The first-order valence-corrected chi connectivity index (χ1v) is 6.45. The largest absolute Gasteiger partial charge is 0.418 e. The lowest BCUT2D eigenvalue weighted by molar-refractivity contribution is -0.137. The molecule has 21 heavy (non-hydrogen) atoms. The van der Waals surface area contributed by atoms with Gasteiger partial charge in [-0.1, -0.05) is 6.07 Å². The first-order valence-electron chi connectivity index (χ1n) is 6.45. The number of hydrogen-bond acceptors (Lipinski definition) is 3. The molecule has 1 aliphatic heterocycles. The fraction of sp³-hybridized carbons (Fsp3) is 0.462. The second kappa shape index (κ2) is 6.31. The van der Waals surface area contributed by atoms with Gasteiger partial charge in [-0.3, -0.25) is 0 Å². The number of alkyl halides is 3. The minimum absolute atomic E-state index is 0.000764. The summed E-state index contributed by atoms with van der Waals surface area (Å²) in [6, 6.07) is 3.08. The van der Waals surface area contributed by atoms with Crippen molar-refractivity contribution >= 4 is 11.7 Å². The second-order valence-corrected chi connectivity index (χ2v) is 4.61. The lowest BCUT2D eigenvalue weighted by atomic mass is 10.1. The van der Waals surface area contributed by atoms with Crippen molar-refractivity contribution in [2.24, 2.45) is 5.73 Å². The Bertz CT molecular complexity index is 514. The Balaban J connectivity index is 2.20. The minimum atomic E-state index is -4.56. The van der Waals surface area contributed by atoms with Gasteiger partial charge in [0.05, 0.1) is 24.5 Å². The molecule has 1 fully saturated rings. The number of amides is 2. The molecule has 0 spiro atoms. The lowest BCUT2D eigenvalue weighted by Crippen LogP contribution is -2.43. The number of nitrogens with one attached hydrogen (secondary N) is 1. The Morgan fingerprint density at radius 2 is 2.00 bits per heavy atom. The molecule has 0 unspecified atom stereocenters. The summed E-state index contributed by atoms with van der Waals surface area (Å²) in [5.74, 6) is 0. The van der Waals surface area contributed by atoms with Gasteiger partial charge in [0.25, 0.3) is 0 Å². The van der Waals surface area contributed by atoms with E-state index in [4.69, 9.17) is 10.5 Å². The Kier molecular flexibility index (Phi) is 4.69. The molecule has 1 aromatic rings. The van der Waals surface area contributed by atoms with E-state index in [0.717, 1.165) is 6.07 Å². The molecular formula is C13H16F3N3O2. The van der Waals surface area contributed by atoms with E-state index in [2.05, 4.69) is 5.32 Å². The van der Waals surface area contributed by atoms with Crippen LogP contribution in [0.2, 0.25) is 0 Å². The normalized spacial score (nSPS) is 15.9. The summed E-state index contributed by atoms with van der Waals surface area (Å²) in [5, 5.41) is 2.31. The number of benzene rings is 1. The summed E-state index contributed by atoms with van der Waals surface area (Å²) in [6.07, 6.45) is -4.56. The van der Waals surface area contributed by atoms with Gasteiger partial charge >= 0.3 is 12.2 Å². The molecule has 0 saturated carbocycles. The average Bonchev–Trinajstić information content (AvgIpc) is 2.47. The Morgan fingerprint density at radius 1 is 1.33 bits per heavy atom. The Labute approximate surface area is 119 Å². The molecule has 1 heterocycles. The fourth-order valence-corrected chi connectivity index (χ4v) is 2.02. The van der Waals surface area contributed by atoms with E-state index in [0.29, 0.717) is 31.9 Å². The number of halogens is 3. The molecule has 8 heteroatoms. The van der Waals surface area contributed by atoms with E-state index < -0.39 is 17.8 Å². The van der Waals surface area contributed by atoms with Crippen molar-refractivity contribution in [1.82, 2.24) is 4.90 Å². The third kappa shape index (κ3) is 3.85.